The number of carbonyl (C=O) groups excluding carboxylic acids is 4. The molecule has 1 aliphatic rings. The summed E-state index contributed by atoms with van der Waals surface area (Å²) in [6.07, 6.45) is -0.436. The molecule has 5 N–H and O–H groups in total. The first-order valence-corrected chi connectivity index (χ1v) is 13.4. The minimum atomic E-state index is -4.15. The molecule has 0 saturated carbocycles. The van der Waals surface area contributed by atoms with Crippen molar-refractivity contribution < 1.29 is 28.6 Å². The first-order valence-electron chi connectivity index (χ1n) is 11.3. The van der Waals surface area contributed by atoms with Crippen molar-refractivity contribution in [1.82, 2.24) is 15.5 Å². The highest BCUT2D eigenvalue weighted by molar-refractivity contribution is 7.58. The van der Waals surface area contributed by atoms with Crippen molar-refractivity contribution >= 4 is 36.7 Å². The summed E-state index contributed by atoms with van der Waals surface area (Å²) < 4.78 is 13.2. The minimum absolute atomic E-state index is 0.0195. The van der Waals surface area contributed by atoms with E-state index in [1.807, 2.05) is 27.7 Å². The van der Waals surface area contributed by atoms with Crippen LogP contribution < -0.4 is 16.4 Å². The lowest BCUT2D eigenvalue weighted by molar-refractivity contribution is -0.131. The van der Waals surface area contributed by atoms with Crippen LogP contribution in [0.25, 0.3) is 0 Å². The van der Waals surface area contributed by atoms with Crippen LogP contribution in [0.1, 0.15) is 61.3 Å². The zero-order valence-electron chi connectivity index (χ0n) is 20.3. The molecule has 10 nitrogen and oxygen atoms in total. The van der Waals surface area contributed by atoms with Crippen LogP contribution in [-0.4, -0.2) is 59.0 Å². The van der Waals surface area contributed by atoms with Crippen molar-refractivity contribution in [3.05, 3.63) is 29.3 Å². The van der Waals surface area contributed by atoms with Gasteiger partial charge in [0.1, 0.15) is 12.3 Å². The van der Waals surface area contributed by atoms with Gasteiger partial charge in [-0.1, -0.05) is 33.8 Å². The number of carbonyl (C=O) groups is 4. The van der Waals surface area contributed by atoms with E-state index in [2.05, 4.69) is 10.6 Å². The quantitative estimate of drug-likeness (QED) is 0.208. The number of anilines is 1. The van der Waals surface area contributed by atoms with Gasteiger partial charge in [0.25, 0.3) is 11.8 Å². The molecular formula is C23H35N4O6P. The fraction of sp³-hybridized carbons (Fsp3) is 0.565. The van der Waals surface area contributed by atoms with E-state index in [1.54, 1.807) is 0 Å². The van der Waals surface area contributed by atoms with Crippen LogP contribution in [0.2, 0.25) is 0 Å². The number of nitrogens with two attached hydrogens (primary N) is 1. The van der Waals surface area contributed by atoms with Crippen molar-refractivity contribution in [2.75, 3.05) is 25.2 Å². The van der Waals surface area contributed by atoms with Crippen molar-refractivity contribution in [2.45, 2.75) is 46.6 Å². The summed E-state index contributed by atoms with van der Waals surface area (Å²) >= 11 is 0. The van der Waals surface area contributed by atoms with Crippen LogP contribution in [0.4, 0.5) is 5.69 Å². The Kier molecular flexibility index (Phi) is 9.02. The number of fused-ring (bicyclic) bond motifs is 1. The lowest BCUT2D eigenvalue weighted by atomic mass is 9.96. The van der Waals surface area contributed by atoms with Gasteiger partial charge in [-0.25, -0.2) is 0 Å². The Morgan fingerprint density at radius 2 is 1.68 bits per heavy atom. The lowest BCUT2D eigenvalue weighted by Gasteiger charge is -2.26. The normalized spacial score (nSPS) is 16.9. The number of hydrogen-bond acceptors (Lipinski definition) is 6. The average Bonchev–Trinajstić information content (AvgIpc) is 2.96. The number of nitrogens with one attached hydrogen (secondary N) is 2. The fourth-order valence-electron chi connectivity index (χ4n) is 4.11. The highest BCUT2D eigenvalue weighted by atomic mass is 31.2. The molecule has 0 radical (unpaired) electrons. The van der Waals surface area contributed by atoms with Gasteiger partial charge in [-0.15, -0.1) is 0 Å². The van der Waals surface area contributed by atoms with Gasteiger partial charge in [-0.05, 0) is 36.8 Å². The van der Waals surface area contributed by atoms with Crippen LogP contribution in [0.5, 0.6) is 0 Å². The molecule has 1 aliphatic heterocycles. The topological polar surface area (TPSA) is 159 Å². The fourth-order valence-corrected chi connectivity index (χ4v) is 5.93. The predicted octanol–water partition coefficient (Wildman–Crippen LogP) is 2.03. The summed E-state index contributed by atoms with van der Waals surface area (Å²) in [4.78, 5) is 62.2. The van der Waals surface area contributed by atoms with Crippen molar-refractivity contribution in [3.63, 3.8) is 0 Å². The molecule has 1 aromatic carbocycles. The van der Waals surface area contributed by atoms with E-state index < -0.39 is 49.5 Å². The Hall–Kier alpha value is -2.71. The molecule has 11 heteroatoms. The first kappa shape index (κ1) is 27.5. The monoisotopic (exact) mass is 494 g/mol. The Morgan fingerprint density at radius 1 is 1.06 bits per heavy atom. The highest BCUT2D eigenvalue weighted by Crippen LogP contribution is 2.46. The third kappa shape index (κ3) is 6.67. The van der Waals surface area contributed by atoms with E-state index in [9.17, 15) is 28.6 Å². The van der Waals surface area contributed by atoms with Crippen LogP contribution in [0, 0.1) is 17.8 Å². The standard InChI is InChI=1S/C23H35N4O6P/c1-13(2)9-15(20(28)26-18(10-14(3)4)21(29)25-5)11-34(32,33)12-27-22(30)16-7-6-8-17(24)19(16)23(27)31/h6-8,13-15,18H,9-12,24H2,1-5H3,(H,25,29)(H,26,28)(H,32,33)/t15?,18-/m0/s1. The number of hydrogen-bond donors (Lipinski definition) is 4. The molecule has 34 heavy (non-hydrogen) atoms. The second kappa shape index (κ2) is 11.1. The molecule has 0 fully saturated rings. The number of imide groups is 1. The summed E-state index contributed by atoms with van der Waals surface area (Å²) in [5.74, 6) is -2.99. The molecule has 2 unspecified atom stereocenters. The van der Waals surface area contributed by atoms with Crippen molar-refractivity contribution in [3.8, 4) is 0 Å². The molecule has 1 heterocycles. The van der Waals surface area contributed by atoms with E-state index >= 15 is 0 Å². The number of likely N-dealkylation sites (N-methyl/N-ethyl adjacent to an activating group) is 1. The Balaban J connectivity index is 2.20. The maximum atomic E-state index is 13.2. The van der Waals surface area contributed by atoms with E-state index in [4.69, 9.17) is 5.73 Å². The van der Waals surface area contributed by atoms with E-state index in [1.165, 1.54) is 25.2 Å². The number of nitrogens with zero attached hydrogens (tertiary/aromatic N) is 1. The Bertz CT molecular complexity index is 1010. The van der Waals surface area contributed by atoms with Gasteiger partial charge in [-0.2, -0.15) is 0 Å². The Labute approximate surface area is 200 Å². The largest absolute Gasteiger partial charge is 0.398 e. The van der Waals surface area contributed by atoms with Crippen LogP contribution in [0.15, 0.2) is 18.2 Å². The summed E-state index contributed by atoms with van der Waals surface area (Å²) in [7, 11) is -2.67. The highest BCUT2D eigenvalue weighted by Gasteiger charge is 2.42. The van der Waals surface area contributed by atoms with Crippen molar-refractivity contribution in [2.24, 2.45) is 17.8 Å². The van der Waals surface area contributed by atoms with Crippen LogP contribution in [0.3, 0.4) is 0 Å². The van der Waals surface area contributed by atoms with Gasteiger partial charge < -0.3 is 21.3 Å². The van der Waals surface area contributed by atoms with Crippen molar-refractivity contribution in [1.29, 1.82) is 0 Å². The van der Waals surface area contributed by atoms with Gasteiger partial charge in [-0.3, -0.25) is 28.6 Å². The summed E-state index contributed by atoms with van der Waals surface area (Å²) in [5.41, 5.74) is 6.05. The average molecular weight is 495 g/mol. The van der Waals surface area contributed by atoms with Gasteiger partial charge in [0, 0.05) is 24.8 Å². The summed E-state index contributed by atoms with van der Waals surface area (Å²) in [6, 6.07) is 3.68. The molecule has 0 saturated heterocycles. The van der Waals surface area contributed by atoms with Gasteiger partial charge in [0.15, 0.2) is 0 Å². The number of nitrogen functional groups attached to an aromatic ring is 1. The van der Waals surface area contributed by atoms with Crippen LogP contribution in [-0.2, 0) is 14.2 Å². The molecule has 4 amide bonds. The predicted molar refractivity (Wildman–Crippen MR) is 129 cm³/mol. The zero-order valence-corrected chi connectivity index (χ0v) is 21.2. The third-order valence-corrected chi connectivity index (χ3v) is 7.35. The molecular weight excluding hydrogens is 459 g/mol. The summed E-state index contributed by atoms with van der Waals surface area (Å²) in [6.45, 7) is 7.59. The van der Waals surface area contributed by atoms with Gasteiger partial charge in [0.2, 0.25) is 19.2 Å². The second-order valence-corrected chi connectivity index (χ2v) is 12.0. The lowest BCUT2D eigenvalue weighted by Crippen LogP contribution is -2.49. The van der Waals surface area contributed by atoms with Gasteiger partial charge >= 0.3 is 0 Å². The van der Waals surface area contributed by atoms with E-state index in [-0.39, 0.29) is 34.6 Å². The molecule has 1 aromatic rings. The smallest absolute Gasteiger partial charge is 0.264 e. The molecule has 2 rings (SSSR count). The van der Waals surface area contributed by atoms with Crippen LogP contribution >= 0.6 is 7.37 Å². The molecule has 3 atom stereocenters. The number of amides is 4. The van der Waals surface area contributed by atoms with Gasteiger partial charge in [0.05, 0.1) is 11.1 Å². The number of benzene rings is 1. The molecule has 0 bridgehead atoms. The maximum Gasteiger partial charge on any atom is 0.264 e. The third-order valence-electron chi connectivity index (χ3n) is 5.61. The summed E-state index contributed by atoms with van der Waals surface area (Å²) in [5, 5.41) is 5.24. The minimum Gasteiger partial charge on any atom is -0.398 e. The second-order valence-electron chi connectivity index (χ2n) is 9.61. The zero-order chi connectivity index (χ0) is 25.8. The van der Waals surface area contributed by atoms with E-state index in [0.29, 0.717) is 12.8 Å². The Morgan fingerprint density at radius 3 is 2.21 bits per heavy atom. The SMILES string of the molecule is CNC(=O)[C@H](CC(C)C)NC(=O)C(CC(C)C)CP(=O)(O)CN1C(=O)c2cccc(N)c2C1=O. The molecule has 188 valence electrons. The maximum absolute atomic E-state index is 13.2. The number of rotatable bonds is 11. The molecule has 0 aromatic heterocycles. The molecule has 0 spiro atoms. The molecule has 0 aliphatic carbocycles. The first-order chi connectivity index (χ1) is 15.8. The van der Waals surface area contributed by atoms with E-state index in [0.717, 1.165) is 4.90 Å².